The predicted octanol–water partition coefficient (Wildman–Crippen LogP) is 1.22. The van der Waals surface area contributed by atoms with Gasteiger partial charge in [-0.3, -0.25) is 4.90 Å². The van der Waals surface area contributed by atoms with Gasteiger partial charge in [-0.1, -0.05) is 12.8 Å². The first-order chi connectivity index (χ1) is 8.79. The molecule has 4 heteroatoms. The molecule has 2 aliphatic rings. The SMILES string of the molecule is O=CC1(CN(CCO)C2CCCC2)CCOCC1. The molecular formula is C14H25NO3. The van der Waals surface area contributed by atoms with Crippen molar-refractivity contribution in [1.82, 2.24) is 4.90 Å². The van der Waals surface area contributed by atoms with Crippen molar-refractivity contribution in [3.8, 4) is 0 Å². The molecule has 0 unspecified atom stereocenters. The fraction of sp³-hybridized carbons (Fsp3) is 0.929. The molecule has 0 amide bonds. The van der Waals surface area contributed by atoms with Gasteiger partial charge in [-0.05, 0) is 25.7 Å². The third-order valence-electron chi connectivity index (χ3n) is 4.48. The van der Waals surface area contributed by atoms with Crippen LogP contribution in [-0.2, 0) is 9.53 Å². The predicted molar refractivity (Wildman–Crippen MR) is 69.5 cm³/mol. The summed E-state index contributed by atoms with van der Waals surface area (Å²) in [7, 11) is 0. The van der Waals surface area contributed by atoms with Gasteiger partial charge in [0.1, 0.15) is 6.29 Å². The van der Waals surface area contributed by atoms with E-state index in [0.717, 1.165) is 25.7 Å². The van der Waals surface area contributed by atoms with Crippen molar-refractivity contribution in [2.75, 3.05) is 32.9 Å². The standard InChI is InChI=1S/C14H25NO3/c16-8-7-15(13-3-1-2-4-13)11-14(12-17)5-9-18-10-6-14/h12-13,16H,1-11H2. The van der Waals surface area contributed by atoms with Crippen LogP contribution in [-0.4, -0.2) is 55.2 Å². The van der Waals surface area contributed by atoms with Gasteiger partial charge in [-0.25, -0.2) is 0 Å². The number of aliphatic hydroxyl groups is 1. The molecule has 1 aliphatic heterocycles. The lowest BCUT2D eigenvalue weighted by Gasteiger charge is -2.39. The van der Waals surface area contributed by atoms with Gasteiger partial charge in [0, 0.05) is 37.8 Å². The summed E-state index contributed by atoms with van der Waals surface area (Å²) >= 11 is 0. The minimum Gasteiger partial charge on any atom is -0.395 e. The van der Waals surface area contributed by atoms with Gasteiger partial charge in [0.15, 0.2) is 0 Å². The fourth-order valence-corrected chi connectivity index (χ4v) is 3.28. The second-order valence-electron chi connectivity index (χ2n) is 5.72. The molecular weight excluding hydrogens is 230 g/mol. The fourth-order valence-electron chi connectivity index (χ4n) is 3.28. The van der Waals surface area contributed by atoms with Crippen LogP contribution in [0.25, 0.3) is 0 Å². The molecule has 0 aromatic rings. The Balaban J connectivity index is 1.98. The van der Waals surface area contributed by atoms with E-state index in [1.54, 1.807) is 0 Å². The van der Waals surface area contributed by atoms with E-state index >= 15 is 0 Å². The number of hydrogen-bond acceptors (Lipinski definition) is 4. The Morgan fingerprint density at radius 3 is 2.50 bits per heavy atom. The molecule has 0 bridgehead atoms. The van der Waals surface area contributed by atoms with Gasteiger partial charge < -0.3 is 14.6 Å². The number of carbonyl (C=O) groups excluding carboxylic acids is 1. The number of hydrogen-bond donors (Lipinski definition) is 1. The van der Waals surface area contributed by atoms with Crippen molar-refractivity contribution in [2.24, 2.45) is 5.41 Å². The summed E-state index contributed by atoms with van der Waals surface area (Å²) in [5, 5.41) is 9.23. The van der Waals surface area contributed by atoms with Crippen LogP contribution in [0.1, 0.15) is 38.5 Å². The highest BCUT2D eigenvalue weighted by molar-refractivity contribution is 5.60. The molecule has 1 heterocycles. The third-order valence-corrected chi connectivity index (χ3v) is 4.48. The molecule has 1 saturated heterocycles. The smallest absolute Gasteiger partial charge is 0.127 e. The number of nitrogens with zero attached hydrogens (tertiary/aromatic N) is 1. The number of rotatable bonds is 6. The zero-order valence-corrected chi connectivity index (χ0v) is 11.1. The molecule has 4 nitrogen and oxygen atoms in total. The van der Waals surface area contributed by atoms with Crippen LogP contribution in [0.3, 0.4) is 0 Å². The molecule has 0 radical (unpaired) electrons. The Morgan fingerprint density at radius 2 is 1.94 bits per heavy atom. The van der Waals surface area contributed by atoms with Gasteiger partial charge in [0.2, 0.25) is 0 Å². The van der Waals surface area contributed by atoms with E-state index in [9.17, 15) is 9.90 Å². The maximum absolute atomic E-state index is 11.5. The molecule has 1 saturated carbocycles. The monoisotopic (exact) mass is 255 g/mol. The van der Waals surface area contributed by atoms with Crippen LogP contribution in [0.15, 0.2) is 0 Å². The summed E-state index contributed by atoms with van der Waals surface area (Å²) in [4.78, 5) is 13.8. The highest BCUT2D eigenvalue weighted by Gasteiger charge is 2.36. The lowest BCUT2D eigenvalue weighted by molar-refractivity contribution is -0.123. The lowest BCUT2D eigenvalue weighted by atomic mass is 9.81. The summed E-state index contributed by atoms with van der Waals surface area (Å²) in [5.74, 6) is 0. The van der Waals surface area contributed by atoms with Gasteiger partial charge in [-0.2, -0.15) is 0 Å². The number of carbonyl (C=O) groups is 1. The summed E-state index contributed by atoms with van der Waals surface area (Å²) in [6.07, 6.45) is 7.77. The second kappa shape index (κ2) is 6.64. The second-order valence-corrected chi connectivity index (χ2v) is 5.72. The number of ether oxygens (including phenoxy) is 1. The number of aldehydes is 1. The summed E-state index contributed by atoms with van der Waals surface area (Å²) in [6, 6.07) is 0.566. The summed E-state index contributed by atoms with van der Waals surface area (Å²) in [6.45, 7) is 3.06. The molecule has 0 aromatic heterocycles. The molecule has 104 valence electrons. The Morgan fingerprint density at radius 1 is 1.28 bits per heavy atom. The van der Waals surface area contributed by atoms with Crippen molar-refractivity contribution in [2.45, 2.75) is 44.6 Å². The highest BCUT2D eigenvalue weighted by atomic mass is 16.5. The van der Waals surface area contributed by atoms with Gasteiger partial charge in [-0.15, -0.1) is 0 Å². The van der Waals surface area contributed by atoms with Crippen molar-refractivity contribution in [1.29, 1.82) is 0 Å². The van der Waals surface area contributed by atoms with Crippen LogP contribution in [0.2, 0.25) is 0 Å². The van der Waals surface area contributed by atoms with Crippen LogP contribution >= 0.6 is 0 Å². The van der Waals surface area contributed by atoms with E-state index in [4.69, 9.17) is 4.74 Å². The quantitative estimate of drug-likeness (QED) is 0.725. The minimum atomic E-state index is -0.240. The average molecular weight is 255 g/mol. The zero-order valence-electron chi connectivity index (χ0n) is 11.1. The molecule has 0 atom stereocenters. The molecule has 0 aromatic carbocycles. The lowest BCUT2D eigenvalue weighted by Crippen LogP contribution is -2.47. The first-order valence-corrected chi connectivity index (χ1v) is 7.19. The van der Waals surface area contributed by atoms with Crippen molar-refractivity contribution in [3.05, 3.63) is 0 Å². The largest absolute Gasteiger partial charge is 0.395 e. The van der Waals surface area contributed by atoms with E-state index in [1.165, 1.54) is 25.7 Å². The van der Waals surface area contributed by atoms with Crippen molar-refractivity contribution in [3.63, 3.8) is 0 Å². The average Bonchev–Trinajstić information content (AvgIpc) is 2.93. The topological polar surface area (TPSA) is 49.8 Å². The van der Waals surface area contributed by atoms with Crippen LogP contribution < -0.4 is 0 Å². The molecule has 1 N–H and O–H groups in total. The van der Waals surface area contributed by atoms with Crippen molar-refractivity contribution < 1.29 is 14.6 Å². The summed E-state index contributed by atoms with van der Waals surface area (Å²) < 4.78 is 5.37. The van der Waals surface area contributed by atoms with E-state index < -0.39 is 0 Å². The third kappa shape index (κ3) is 3.31. The Hall–Kier alpha value is -0.450. The highest BCUT2D eigenvalue weighted by Crippen LogP contribution is 2.32. The minimum absolute atomic E-state index is 0.182. The first kappa shape index (κ1) is 14.0. The van der Waals surface area contributed by atoms with Gasteiger partial charge >= 0.3 is 0 Å². The Kier molecular flexibility index (Phi) is 5.15. The molecule has 0 spiro atoms. The molecule has 1 aliphatic carbocycles. The zero-order chi connectivity index (χ0) is 12.8. The molecule has 2 rings (SSSR count). The Bertz CT molecular complexity index is 258. The van der Waals surface area contributed by atoms with E-state index in [0.29, 0.717) is 25.8 Å². The molecule has 18 heavy (non-hydrogen) atoms. The van der Waals surface area contributed by atoms with Crippen LogP contribution in [0, 0.1) is 5.41 Å². The maximum atomic E-state index is 11.5. The number of aliphatic hydroxyl groups excluding tert-OH is 1. The van der Waals surface area contributed by atoms with Crippen LogP contribution in [0.5, 0.6) is 0 Å². The first-order valence-electron chi connectivity index (χ1n) is 7.19. The van der Waals surface area contributed by atoms with Crippen molar-refractivity contribution >= 4 is 6.29 Å². The summed E-state index contributed by atoms with van der Waals surface area (Å²) in [5.41, 5.74) is -0.240. The molecule has 2 fully saturated rings. The van der Waals surface area contributed by atoms with E-state index in [-0.39, 0.29) is 12.0 Å². The van der Waals surface area contributed by atoms with E-state index in [1.807, 2.05) is 0 Å². The van der Waals surface area contributed by atoms with Gasteiger partial charge in [0.05, 0.1) is 6.61 Å². The van der Waals surface area contributed by atoms with E-state index in [2.05, 4.69) is 4.90 Å². The van der Waals surface area contributed by atoms with Gasteiger partial charge in [0.25, 0.3) is 0 Å². The maximum Gasteiger partial charge on any atom is 0.127 e. The Labute approximate surface area is 109 Å². The van der Waals surface area contributed by atoms with Crippen LogP contribution in [0.4, 0.5) is 0 Å². The normalized spacial score (nSPS) is 24.6.